The van der Waals surface area contributed by atoms with E-state index in [9.17, 15) is 5.11 Å². The van der Waals surface area contributed by atoms with E-state index in [-0.39, 0.29) is 17.6 Å². The minimum atomic E-state index is 0.207. The molecule has 1 aliphatic rings. The van der Waals surface area contributed by atoms with E-state index in [0.29, 0.717) is 5.02 Å². The zero-order valence-corrected chi connectivity index (χ0v) is 14.0. The lowest BCUT2D eigenvalue weighted by Crippen LogP contribution is -2.13. The molecule has 0 radical (unpaired) electrons. The summed E-state index contributed by atoms with van der Waals surface area (Å²) in [5.41, 5.74) is 1.98. The number of likely N-dealkylation sites (tertiary alicyclic amines) is 1. The van der Waals surface area contributed by atoms with Crippen LogP contribution in [0.3, 0.4) is 0 Å². The second kappa shape index (κ2) is 5.95. The predicted molar refractivity (Wildman–Crippen MR) is 88.0 cm³/mol. The zero-order valence-electron chi connectivity index (χ0n) is 11.6. The van der Waals surface area contributed by atoms with Crippen molar-refractivity contribution >= 4 is 27.5 Å². The standard InChI is InChI=1S/C16H16BrClN2O/c1-20-8-12(11-5-4-10(18)7-15(11)21)13(9-20)16-14(17)3-2-6-19-16/h2-7,12-13,21H,8-9H2,1H3. The van der Waals surface area contributed by atoms with Crippen molar-refractivity contribution in [2.75, 3.05) is 20.1 Å². The summed E-state index contributed by atoms with van der Waals surface area (Å²) in [6.07, 6.45) is 1.82. The molecule has 3 nitrogen and oxygen atoms in total. The molecule has 2 aromatic rings. The van der Waals surface area contributed by atoms with Crippen LogP contribution in [0.1, 0.15) is 23.1 Å². The van der Waals surface area contributed by atoms with E-state index in [1.165, 1.54) is 0 Å². The average molecular weight is 368 g/mol. The number of pyridine rings is 1. The second-order valence-electron chi connectivity index (χ2n) is 5.51. The van der Waals surface area contributed by atoms with E-state index < -0.39 is 0 Å². The Hall–Kier alpha value is -1.10. The number of phenols is 1. The molecule has 0 saturated carbocycles. The maximum atomic E-state index is 10.2. The maximum absolute atomic E-state index is 10.2. The molecule has 0 aliphatic carbocycles. The molecule has 1 fully saturated rings. The van der Waals surface area contributed by atoms with Gasteiger partial charge in [-0.05, 0) is 52.8 Å². The third kappa shape index (κ3) is 2.93. The smallest absolute Gasteiger partial charge is 0.120 e. The number of rotatable bonds is 2. The van der Waals surface area contributed by atoms with Crippen LogP contribution in [0.2, 0.25) is 5.02 Å². The van der Waals surface area contributed by atoms with Gasteiger partial charge in [0.25, 0.3) is 0 Å². The van der Waals surface area contributed by atoms with Crippen LogP contribution in [0.15, 0.2) is 41.0 Å². The lowest BCUT2D eigenvalue weighted by atomic mass is 9.86. The maximum Gasteiger partial charge on any atom is 0.120 e. The topological polar surface area (TPSA) is 36.4 Å². The van der Waals surface area contributed by atoms with Crippen molar-refractivity contribution in [3.63, 3.8) is 0 Å². The lowest BCUT2D eigenvalue weighted by Gasteiger charge is -2.20. The van der Waals surface area contributed by atoms with Crippen molar-refractivity contribution in [2.24, 2.45) is 0 Å². The van der Waals surface area contributed by atoms with Gasteiger partial charge >= 0.3 is 0 Å². The Bertz CT molecular complexity index is 664. The van der Waals surface area contributed by atoms with E-state index in [1.54, 1.807) is 6.07 Å². The first-order chi connectivity index (χ1) is 10.1. The molecule has 21 heavy (non-hydrogen) atoms. The number of hydrogen-bond donors (Lipinski definition) is 1. The molecule has 5 heteroatoms. The van der Waals surface area contributed by atoms with Crippen molar-refractivity contribution in [1.29, 1.82) is 0 Å². The first kappa shape index (κ1) is 14.8. The van der Waals surface area contributed by atoms with Gasteiger partial charge in [-0.15, -0.1) is 0 Å². The highest BCUT2D eigenvalue weighted by molar-refractivity contribution is 9.10. The lowest BCUT2D eigenvalue weighted by molar-refractivity contribution is 0.405. The third-order valence-corrected chi connectivity index (χ3v) is 4.94. The van der Waals surface area contributed by atoms with Crippen LogP contribution in [0, 0.1) is 0 Å². The Labute approximate surface area is 137 Å². The zero-order chi connectivity index (χ0) is 15.0. The van der Waals surface area contributed by atoms with Crippen LogP contribution < -0.4 is 0 Å². The molecule has 0 spiro atoms. The van der Waals surface area contributed by atoms with Gasteiger partial charge in [-0.25, -0.2) is 0 Å². The number of aromatic nitrogens is 1. The number of benzene rings is 1. The molecule has 1 aliphatic heterocycles. The average Bonchev–Trinajstić information content (AvgIpc) is 2.81. The fourth-order valence-corrected chi connectivity index (χ4v) is 3.81. The molecule has 2 heterocycles. The van der Waals surface area contributed by atoms with E-state index in [0.717, 1.165) is 28.8 Å². The monoisotopic (exact) mass is 366 g/mol. The molecule has 1 aromatic heterocycles. The molecule has 1 aromatic carbocycles. The highest BCUT2D eigenvalue weighted by Crippen LogP contribution is 2.43. The van der Waals surface area contributed by atoms with Gasteiger partial charge < -0.3 is 10.0 Å². The molecule has 2 atom stereocenters. The number of nitrogens with zero attached hydrogens (tertiary/aromatic N) is 2. The van der Waals surface area contributed by atoms with Crippen LogP contribution in [0.25, 0.3) is 0 Å². The summed E-state index contributed by atoms with van der Waals surface area (Å²) in [7, 11) is 2.09. The van der Waals surface area contributed by atoms with E-state index >= 15 is 0 Å². The normalized spacial score (nSPS) is 22.6. The summed E-state index contributed by atoms with van der Waals surface area (Å²) in [6.45, 7) is 1.81. The molecule has 3 rings (SSSR count). The summed E-state index contributed by atoms with van der Waals surface area (Å²) < 4.78 is 1.02. The van der Waals surface area contributed by atoms with Crippen molar-refractivity contribution in [2.45, 2.75) is 11.8 Å². The molecule has 1 saturated heterocycles. The molecule has 1 N–H and O–H groups in total. The van der Waals surface area contributed by atoms with E-state index in [4.69, 9.17) is 11.6 Å². The van der Waals surface area contributed by atoms with Gasteiger partial charge in [-0.1, -0.05) is 17.7 Å². The summed E-state index contributed by atoms with van der Waals surface area (Å²) in [4.78, 5) is 6.80. The summed E-state index contributed by atoms with van der Waals surface area (Å²) in [5, 5.41) is 10.8. The quantitative estimate of drug-likeness (QED) is 0.871. The molecule has 0 amide bonds. The molecular weight excluding hydrogens is 352 g/mol. The Morgan fingerprint density at radius 1 is 1.29 bits per heavy atom. The Kier molecular flexibility index (Phi) is 4.20. The van der Waals surface area contributed by atoms with Crippen LogP contribution in [-0.4, -0.2) is 35.1 Å². The summed E-state index contributed by atoms with van der Waals surface area (Å²) in [6, 6.07) is 9.30. The minimum Gasteiger partial charge on any atom is -0.508 e. The second-order valence-corrected chi connectivity index (χ2v) is 6.80. The van der Waals surface area contributed by atoms with Gasteiger partial charge in [0.15, 0.2) is 0 Å². The van der Waals surface area contributed by atoms with E-state index in [1.807, 2.05) is 30.5 Å². The summed E-state index contributed by atoms with van der Waals surface area (Å²) in [5.74, 6) is 0.718. The number of hydrogen-bond acceptors (Lipinski definition) is 3. The predicted octanol–water partition coefficient (Wildman–Crippen LogP) is 4.02. The minimum absolute atomic E-state index is 0.207. The largest absolute Gasteiger partial charge is 0.508 e. The van der Waals surface area contributed by atoms with Gasteiger partial charge in [0, 0.05) is 40.6 Å². The first-order valence-electron chi connectivity index (χ1n) is 6.83. The van der Waals surface area contributed by atoms with Crippen molar-refractivity contribution in [1.82, 2.24) is 9.88 Å². The number of halogens is 2. The van der Waals surface area contributed by atoms with Crippen LogP contribution in [0.5, 0.6) is 5.75 Å². The van der Waals surface area contributed by atoms with Crippen LogP contribution in [-0.2, 0) is 0 Å². The van der Waals surface area contributed by atoms with Crippen molar-refractivity contribution in [3.8, 4) is 5.75 Å². The summed E-state index contributed by atoms with van der Waals surface area (Å²) >= 11 is 9.53. The third-order valence-electron chi connectivity index (χ3n) is 4.03. The van der Waals surface area contributed by atoms with Gasteiger partial charge in [-0.3, -0.25) is 4.98 Å². The number of likely N-dealkylation sites (N-methyl/N-ethyl adjacent to an activating group) is 1. The molecule has 110 valence electrons. The first-order valence-corrected chi connectivity index (χ1v) is 8.00. The Morgan fingerprint density at radius 2 is 2.05 bits per heavy atom. The van der Waals surface area contributed by atoms with Gasteiger partial charge in [0.2, 0.25) is 0 Å². The number of aromatic hydroxyl groups is 1. The van der Waals surface area contributed by atoms with Crippen LogP contribution in [0.4, 0.5) is 0 Å². The Balaban J connectivity index is 2.02. The molecule has 2 unspecified atom stereocenters. The van der Waals surface area contributed by atoms with Gasteiger partial charge in [0.1, 0.15) is 5.75 Å². The van der Waals surface area contributed by atoms with E-state index in [2.05, 4.69) is 32.9 Å². The highest BCUT2D eigenvalue weighted by Gasteiger charge is 2.36. The Morgan fingerprint density at radius 3 is 2.76 bits per heavy atom. The SMILES string of the molecule is CN1CC(c2ccc(Cl)cc2O)C(c2ncccc2Br)C1. The highest BCUT2D eigenvalue weighted by atomic mass is 79.9. The fraction of sp³-hybridized carbons (Fsp3) is 0.312. The number of phenolic OH excluding ortho intramolecular Hbond substituents is 1. The van der Waals surface area contributed by atoms with Crippen molar-refractivity contribution < 1.29 is 5.11 Å². The van der Waals surface area contributed by atoms with Gasteiger partial charge in [0.05, 0.1) is 5.69 Å². The van der Waals surface area contributed by atoms with Gasteiger partial charge in [-0.2, -0.15) is 0 Å². The van der Waals surface area contributed by atoms with Crippen LogP contribution >= 0.6 is 27.5 Å². The molecule has 0 bridgehead atoms. The molecular formula is C16H16BrClN2O. The van der Waals surface area contributed by atoms with Crippen molar-refractivity contribution in [3.05, 3.63) is 57.3 Å². The fourth-order valence-electron chi connectivity index (χ4n) is 3.09.